The zero-order valence-electron chi connectivity index (χ0n) is 14.2. The zero-order chi connectivity index (χ0) is 18.9. The normalized spacial score (nSPS) is 11.2. The van der Waals surface area contributed by atoms with Crippen LogP contribution < -0.4 is 16.0 Å². The first kappa shape index (κ1) is 20.0. The maximum absolute atomic E-state index is 13.6. The van der Waals surface area contributed by atoms with Gasteiger partial charge in [-0.3, -0.25) is 9.79 Å². The molecule has 1 amide bonds. The van der Waals surface area contributed by atoms with E-state index in [-0.39, 0.29) is 11.7 Å². The van der Waals surface area contributed by atoms with Crippen molar-refractivity contribution in [1.29, 1.82) is 0 Å². The molecule has 0 aliphatic heterocycles. The van der Waals surface area contributed by atoms with Gasteiger partial charge in [-0.05, 0) is 24.3 Å². The van der Waals surface area contributed by atoms with Gasteiger partial charge in [-0.15, -0.1) is 0 Å². The van der Waals surface area contributed by atoms with Crippen molar-refractivity contribution in [1.82, 2.24) is 16.0 Å². The Morgan fingerprint density at radius 1 is 1.04 bits per heavy atom. The van der Waals surface area contributed by atoms with Crippen LogP contribution in [0, 0.1) is 5.82 Å². The van der Waals surface area contributed by atoms with Crippen molar-refractivity contribution < 1.29 is 9.18 Å². The molecule has 3 N–H and O–H groups in total. The van der Waals surface area contributed by atoms with E-state index in [1.54, 1.807) is 37.4 Å². The van der Waals surface area contributed by atoms with E-state index in [4.69, 9.17) is 23.2 Å². The summed E-state index contributed by atoms with van der Waals surface area (Å²) in [5.74, 6) is -0.0129. The predicted octanol–water partition coefficient (Wildman–Crippen LogP) is 3.23. The van der Waals surface area contributed by atoms with Crippen LogP contribution in [0.2, 0.25) is 10.0 Å². The molecule has 0 aliphatic rings. The molecule has 0 aliphatic carbocycles. The third-order valence-corrected chi connectivity index (χ3v) is 4.25. The van der Waals surface area contributed by atoms with Gasteiger partial charge in [-0.25, -0.2) is 4.39 Å². The van der Waals surface area contributed by atoms with Crippen molar-refractivity contribution in [3.63, 3.8) is 0 Å². The van der Waals surface area contributed by atoms with Gasteiger partial charge in [0.25, 0.3) is 5.91 Å². The Labute approximate surface area is 161 Å². The van der Waals surface area contributed by atoms with E-state index in [2.05, 4.69) is 20.9 Å². The van der Waals surface area contributed by atoms with E-state index in [9.17, 15) is 9.18 Å². The van der Waals surface area contributed by atoms with Gasteiger partial charge in [-0.1, -0.05) is 41.4 Å². The fourth-order valence-electron chi connectivity index (χ4n) is 2.14. The van der Waals surface area contributed by atoms with Gasteiger partial charge in [-0.2, -0.15) is 0 Å². The molecule has 0 atom stereocenters. The van der Waals surface area contributed by atoms with Crippen molar-refractivity contribution in [3.05, 3.63) is 69.5 Å². The second kappa shape index (κ2) is 9.99. The third kappa shape index (κ3) is 5.89. The van der Waals surface area contributed by atoms with Crippen LogP contribution in [0.3, 0.4) is 0 Å². The molecule has 2 rings (SSSR count). The van der Waals surface area contributed by atoms with Gasteiger partial charge in [0.15, 0.2) is 5.96 Å². The molecule has 0 saturated heterocycles. The van der Waals surface area contributed by atoms with Crippen LogP contribution >= 0.6 is 23.2 Å². The number of rotatable bonds is 6. The number of aliphatic imine (C=N–C) groups is 1. The minimum atomic E-state index is -0.274. The predicted molar refractivity (Wildman–Crippen MR) is 103 cm³/mol. The second-order valence-electron chi connectivity index (χ2n) is 5.33. The lowest BCUT2D eigenvalue weighted by molar-refractivity contribution is 0.0954. The molecule has 2 aromatic rings. The van der Waals surface area contributed by atoms with Crippen LogP contribution in [0.5, 0.6) is 0 Å². The van der Waals surface area contributed by atoms with Crippen LogP contribution in [0.25, 0.3) is 0 Å². The molecule has 26 heavy (non-hydrogen) atoms. The standard InChI is InChI=1S/C18H19Cl2FN4O/c1-22-18(25-11-13-4-2-3-5-16(13)21)24-9-8-23-17(26)12-6-7-14(19)15(20)10-12/h2-7,10H,8-9,11H2,1H3,(H,23,26)(H2,22,24,25). The molecule has 138 valence electrons. The number of benzene rings is 2. The van der Waals surface area contributed by atoms with Crippen LogP contribution in [0.15, 0.2) is 47.5 Å². The van der Waals surface area contributed by atoms with Crippen molar-refractivity contribution in [3.8, 4) is 0 Å². The van der Waals surface area contributed by atoms with Gasteiger partial charge in [0.1, 0.15) is 5.82 Å². The zero-order valence-corrected chi connectivity index (χ0v) is 15.7. The van der Waals surface area contributed by atoms with Crippen LogP contribution in [-0.4, -0.2) is 32.0 Å². The Morgan fingerprint density at radius 3 is 2.46 bits per heavy atom. The molecule has 0 unspecified atom stereocenters. The SMILES string of the molecule is CN=C(NCCNC(=O)c1ccc(Cl)c(Cl)c1)NCc1ccccc1F. The molecule has 0 saturated carbocycles. The number of amides is 1. The lowest BCUT2D eigenvalue weighted by Gasteiger charge is -2.13. The third-order valence-electron chi connectivity index (χ3n) is 3.51. The van der Waals surface area contributed by atoms with Gasteiger partial charge in [0.05, 0.1) is 10.0 Å². The average Bonchev–Trinajstić information content (AvgIpc) is 2.64. The van der Waals surface area contributed by atoms with E-state index in [0.29, 0.717) is 46.8 Å². The quantitative estimate of drug-likeness (QED) is 0.399. The molecule has 2 aromatic carbocycles. The molecular formula is C18H19Cl2FN4O. The highest BCUT2D eigenvalue weighted by Crippen LogP contribution is 2.22. The lowest BCUT2D eigenvalue weighted by Crippen LogP contribution is -2.41. The second-order valence-corrected chi connectivity index (χ2v) is 6.14. The monoisotopic (exact) mass is 396 g/mol. The van der Waals surface area contributed by atoms with E-state index in [0.717, 1.165) is 0 Å². The largest absolute Gasteiger partial charge is 0.355 e. The van der Waals surface area contributed by atoms with E-state index >= 15 is 0 Å². The average molecular weight is 397 g/mol. The summed E-state index contributed by atoms with van der Waals surface area (Å²) in [5, 5.41) is 9.54. The highest BCUT2D eigenvalue weighted by molar-refractivity contribution is 6.42. The van der Waals surface area contributed by atoms with Gasteiger partial charge in [0.2, 0.25) is 0 Å². The summed E-state index contributed by atoms with van der Waals surface area (Å²) in [6.07, 6.45) is 0. The summed E-state index contributed by atoms with van der Waals surface area (Å²) >= 11 is 11.7. The van der Waals surface area contributed by atoms with Gasteiger partial charge < -0.3 is 16.0 Å². The Balaban J connectivity index is 1.74. The molecule has 0 aromatic heterocycles. The van der Waals surface area contributed by atoms with Crippen molar-refractivity contribution in [2.24, 2.45) is 4.99 Å². The Kier molecular flexibility index (Phi) is 7.69. The van der Waals surface area contributed by atoms with Crippen LogP contribution in [-0.2, 0) is 6.54 Å². The van der Waals surface area contributed by atoms with Crippen molar-refractivity contribution >= 4 is 35.1 Å². The first-order valence-corrected chi connectivity index (χ1v) is 8.68. The summed E-state index contributed by atoms with van der Waals surface area (Å²) in [6.45, 7) is 1.13. The molecule has 0 heterocycles. The van der Waals surface area contributed by atoms with Crippen LogP contribution in [0.4, 0.5) is 4.39 Å². The first-order chi connectivity index (χ1) is 12.5. The molecule has 0 radical (unpaired) electrons. The number of nitrogens with one attached hydrogen (secondary N) is 3. The number of carbonyl (C=O) groups is 1. The molecule has 0 bridgehead atoms. The number of nitrogens with zero attached hydrogens (tertiary/aromatic N) is 1. The van der Waals surface area contributed by atoms with Crippen molar-refractivity contribution in [2.45, 2.75) is 6.54 Å². The Bertz CT molecular complexity index is 799. The maximum Gasteiger partial charge on any atom is 0.251 e. The first-order valence-electron chi connectivity index (χ1n) is 7.92. The fourth-order valence-corrected chi connectivity index (χ4v) is 2.44. The topological polar surface area (TPSA) is 65.5 Å². The van der Waals surface area contributed by atoms with E-state index in [1.165, 1.54) is 12.1 Å². The summed E-state index contributed by atoms with van der Waals surface area (Å²) in [6, 6.07) is 11.2. The summed E-state index contributed by atoms with van der Waals surface area (Å²) in [5.41, 5.74) is 0.977. The van der Waals surface area contributed by atoms with Gasteiger partial charge in [0, 0.05) is 37.8 Å². The number of guanidine groups is 1. The highest BCUT2D eigenvalue weighted by atomic mass is 35.5. The summed E-state index contributed by atoms with van der Waals surface area (Å²) < 4.78 is 13.6. The summed E-state index contributed by atoms with van der Waals surface area (Å²) in [4.78, 5) is 16.1. The molecular weight excluding hydrogens is 378 g/mol. The minimum absolute atomic E-state index is 0.250. The van der Waals surface area contributed by atoms with E-state index < -0.39 is 0 Å². The number of halogens is 3. The molecule has 0 fully saturated rings. The Hall–Kier alpha value is -2.31. The lowest BCUT2D eigenvalue weighted by atomic mass is 10.2. The smallest absolute Gasteiger partial charge is 0.251 e. The van der Waals surface area contributed by atoms with Crippen molar-refractivity contribution in [2.75, 3.05) is 20.1 Å². The molecule has 0 spiro atoms. The molecule has 8 heteroatoms. The number of hydrogen-bond donors (Lipinski definition) is 3. The molecule has 5 nitrogen and oxygen atoms in total. The summed E-state index contributed by atoms with van der Waals surface area (Å²) in [7, 11) is 1.62. The number of carbonyl (C=O) groups excluding carboxylic acids is 1. The highest BCUT2D eigenvalue weighted by Gasteiger charge is 2.08. The van der Waals surface area contributed by atoms with Crippen LogP contribution in [0.1, 0.15) is 15.9 Å². The number of hydrogen-bond acceptors (Lipinski definition) is 2. The maximum atomic E-state index is 13.6. The van der Waals surface area contributed by atoms with Gasteiger partial charge >= 0.3 is 0 Å². The Morgan fingerprint density at radius 2 is 1.77 bits per heavy atom. The van der Waals surface area contributed by atoms with E-state index in [1.807, 2.05) is 0 Å². The minimum Gasteiger partial charge on any atom is -0.355 e. The fraction of sp³-hybridized carbons (Fsp3) is 0.222.